The molecule has 1 unspecified atom stereocenters. The number of likely N-dealkylation sites (tertiary alicyclic amines) is 1. The zero-order valence-corrected chi connectivity index (χ0v) is 11.0. The van der Waals surface area contributed by atoms with Crippen molar-refractivity contribution >= 4 is 11.9 Å². The van der Waals surface area contributed by atoms with Crippen LogP contribution in [0.25, 0.3) is 0 Å². The lowest BCUT2D eigenvalue weighted by atomic mass is 10.1. The summed E-state index contributed by atoms with van der Waals surface area (Å²) in [5.41, 5.74) is -1.01. The van der Waals surface area contributed by atoms with E-state index in [9.17, 15) is 19.2 Å². The van der Waals surface area contributed by atoms with E-state index in [0.29, 0.717) is 13.0 Å². The number of amides is 1. The van der Waals surface area contributed by atoms with Crippen molar-refractivity contribution in [1.82, 2.24) is 14.0 Å². The molecule has 0 saturated carbocycles. The molecule has 1 atom stereocenters. The Kier molecular flexibility index (Phi) is 3.73. The molecule has 0 bridgehead atoms. The van der Waals surface area contributed by atoms with Crippen LogP contribution in [-0.2, 0) is 23.2 Å². The molecule has 0 aliphatic carbocycles. The molecule has 8 nitrogen and oxygen atoms in total. The summed E-state index contributed by atoms with van der Waals surface area (Å²) in [6, 6.07) is 1.21. The summed E-state index contributed by atoms with van der Waals surface area (Å²) in [5, 5.41) is 8.88. The van der Waals surface area contributed by atoms with Gasteiger partial charge in [0, 0.05) is 32.4 Å². The van der Waals surface area contributed by atoms with Crippen molar-refractivity contribution in [3.8, 4) is 0 Å². The molecular formula is C12H15N3O5. The van der Waals surface area contributed by atoms with E-state index in [-0.39, 0.29) is 19.0 Å². The van der Waals surface area contributed by atoms with Crippen LogP contribution in [0.5, 0.6) is 0 Å². The van der Waals surface area contributed by atoms with Gasteiger partial charge in [0.15, 0.2) is 0 Å². The average Bonchev–Trinajstić information content (AvgIpc) is 2.89. The van der Waals surface area contributed by atoms with Gasteiger partial charge in [0.25, 0.3) is 5.56 Å². The van der Waals surface area contributed by atoms with Crippen molar-refractivity contribution in [3.05, 3.63) is 33.1 Å². The Bertz CT molecular complexity index is 660. The first-order chi connectivity index (χ1) is 9.40. The monoisotopic (exact) mass is 281 g/mol. The third-order valence-electron chi connectivity index (χ3n) is 3.46. The molecular weight excluding hydrogens is 266 g/mol. The standard InChI is InChI=1S/C12H15N3O5/c1-13-9(16)3-5-15(12(13)20)7-10(17)14-4-2-8(6-14)11(18)19/h3,5,8H,2,4,6-7H2,1H3,(H,18,19). The van der Waals surface area contributed by atoms with Gasteiger partial charge < -0.3 is 10.0 Å². The molecule has 2 rings (SSSR count). The van der Waals surface area contributed by atoms with E-state index in [2.05, 4.69) is 0 Å². The Morgan fingerprint density at radius 3 is 2.70 bits per heavy atom. The number of hydrogen-bond acceptors (Lipinski definition) is 4. The maximum atomic E-state index is 12.0. The van der Waals surface area contributed by atoms with Crippen LogP contribution in [0.2, 0.25) is 0 Å². The van der Waals surface area contributed by atoms with Gasteiger partial charge in [-0.25, -0.2) is 4.79 Å². The van der Waals surface area contributed by atoms with Crippen LogP contribution in [-0.4, -0.2) is 44.1 Å². The Balaban J connectivity index is 2.10. The van der Waals surface area contributed by atoms with Crippen molar-refractivity contribution in [2.45, 2.75) is 13.0 Å². The fourth-order valence-electron chi connectivity index (χ4n) is 2.17. The van der Waals surface area contributed by atoms with Crippen molar-refractivity contribution in [1.29, 1.82) is 0 Å². The van der Waals surface area contributed by atoms with E-state index in [0.717, 1.165) is 9.13 Å². The van der Waals surface area contributed by atoms with E-state index in [1.165, 1.54) is 24.2 Å². The number of carboxylic acids is 1. The first-order valence-corrected chi connectivity index (χ1v) is 6.17. The summed E-state index contributed by atoms with van der Waals surface area (Å²) in [5.74, 6) is -1.79. The van der Waals surface area contributed by atoms with Gasteiger partial charge in [0.05, 0.1) is 5.92 Å². The maximum Gasteiger partial charge on any atom is 0.331 e. The lowest BCUT2D eigenvalue weighted by Gasteiger charge is -2.16. The zero-order chi connectivity index (χ0) is 14.9. The van der Waals surface area contributed by atoms with Crippen LogP contribution in [0.3, 0.4) is 0 Å². The van der Waals surface area contributed by atoms with Gasteiger partial charge in [-0.1, -0.05) is 0 Å². The highest BCUT2D eigenvalue weighted by atomic mass is 16.4. The molecule has 0 aromatic carbocycles. The van der Waals surface area contributed by atoms with Crippen molar-refractivity contribution in [2.75, 3.05) is 13.1 Å². The van der Waals surface area contributed by atoms with Crippen LogP contribution in [0.15, 0.2) is 21.9 Å². The molecule has 1 aromatic heterocycles. The summed E-state index contributed by atoms with van der Waals surface area (Å²) < 4.78 is 2.05. The first kappa shape index (κ1) is 14.0. The number of aliphatic carboxylic acids is 1. The predicted octanol–water partition coefficient (Wildman–Crippen LogP) is -1.52. The van der Waals surface area contributed by atoms with Gasteiger partial charge in [-0.2, -0.15) is 0 Å². The Morgan fingerprint density at radius 2 is 2.10 bits per heavy atom. The molecule has 2 heterocycles. The Morgan fingerprint density at radius 1 is 1.40 bits per heavy atom. The molecule has 1 N–H and O–H groups in total. The zero-order valence-electron chi connectivity index (χ0n) is 11.0. The molecule has 0 radical (unpaired) electrons. The molecule has 1 aliphatic heterocycles. The van der Waals surface area contributed by atoms with Crippen LogP contribution in [0, 0.1) is 5.92 Å². The summed E-state index contributed by atoms with van der Waals surface area (Å²) in [6.07, 6.45) is 1.69. The molecule has 1 saturated heterocycles. The lowest BCUT2D eigenvalue weighted by Crippen LogP contribution is -2.41. The van der Waals surface area contributed by atoms with Crippen LogP contribution in [0.1, 0.15) is 6.42 Å². The predicted molar refractivity (Wildman–Crippen MR) is 68.3 cm³/mol. The summed E-state index contributed by atoms with van der Waals surface area (Å²) in [7, 11) is 1.34. The molecule has 20 heavy (non-hydrogen) atoms. The number of nitrogens with zero attached hydrogens (tertiary/aromatic N) is 3. The number of rotatable bonds is 3. The van der Waals surface area contributed by atoms with Crippen LogP contribution in [0.4, 0.5) is 0 Å². The highest BCUT2D eigenvalue weighted by molar-refractivity contribution is 5.78. The molecule has 1 fully saturated rings. The topological polar surface area (TPSA) is 102 Å². The van der Waals surface area contributed by atoms with Crippen LogP contribution < -0.4 is 11.2 Å². The fourth-order valence-corrected chi connectivity index (χ4v) is 2.17. The number of hydrogen-bond donors (Lipinski definition) is 1. The second-order valence-corrected chi connectivity index (χ2v) is 4.79. The molecule has 0 spiro atoms. The molecule has 1 aromatic rings. The summed E-state index contributed by atoms with van der Waals surface area (Å²) in [4.78, 5) is 47.3. The van der Waals surface area contributed by atoms with Gasteiger partial charge in [0.2, 0.25) is 5.91 Å². The fraction of sp³-hybridized carbons (Fsp3) is 0.500. The molecule has 1 aliphatic rings. The van der Waals surface area contributed by atoms with E-state index < -0.39 is 23.1 Å². The van der Waals surface area contributed by atoms with Crippen molar-refractivity contribution in [3.63, 3.8) is 0 Å². The van der Waals surface area contributed by atoms with Gasteiger partial charge in [0.1, 0.15) is 6.54 Å². The quantitative estimate of drug-likeness (QED) is 0.725. The van der Waals surface area contributed by atoms with Gasteiger partial charge in [-0.3, -0.25) is 23.5 Å². The number of carbonyl (C=O) groups is 2. The van der Waals surface area contributed by atoms with E-state index >= 15 is 0 Å². The molecule has 108 valence electrons. The summed E-state index contributed by atoms with van der Waals surface area (Å²) >= 11 is 0. The first-order valence-electron chi connectivity index (χ1n) is 6.17. The van der Waals surface area contributed by atoms with Crippen LogP contribution >= 0.6 is 0 Å². The smallest absolute Gasteiger partial charge is 0.331 e. The van der Waals surface area contributed by atoms with E-state index in [1.807, 2.05) is 0 Å². The second kappa shape index (κ2) is 5.32. The highest BCUT2D eigenvalue weighted by Crippen LogP contribution is 2.16. The number of aromatic nitrogens is 2. The SMILES string of the molecule is Cn1c(=O)ccn(CC(=O)N2CCC(C(=O)O)C2)c1=O. The number of carbonyl (C=O) groups excluding carboxylic acids is 1. The molecule has 8 heteroatoms. The maximum absolute atomic E-state index is 12.0. The van der Waals surface area contributed by atoms with E-state index in [1.54, 1.807) is 0 Å². The second-order valence-electron chi connectivity index (χ2n) is 4.79. The Hall–Kier alpha value is -2.38. The third kappa shape index (κ3) is 2.63. The minimum absolute atomic E-state index is 0.161. The lowest BCUT2D eigenvalue weighted by molar-refractivity contribution is -0.141. The average molecular weight is 281 g/mol. The van der Waals surface area contributed by atoms with Crippen molar-refractivity contribution in [2.24, 2.45) is 13.0 Å². The largest absolute Gasteiger partial charge is 0.481 e. The minimum atomic E-state index is -0.917. The highest BCUT2D eigenvalue weighted by Gasteiger charge is 2.30. The van der Waals surface area contributed by atoms with Gasteiger partial charge >= 0.3 is 11.7 Å². The minimum Gasteiger partial charge on any atom is -0.481 e. The number of carboxylic acid groups (broad SMARTS) is 1. The summed E-state index contributed by atoms with van der Waals surface area (Å²) in [6.45, 7) is 0.338. The Labute approximate surface area is 113 Å². The third-order valence-corrected chi connectivity index (χ3v) is 3.46. The molecule has 1 amide bonds. The van der Waals surface area contributed by atoms with Crippen molar-refractivity contribution < 1.29 is 14.7 Å². The van der Waals surface area contributed by atoms with E-state index in [4.69, 9.17) is 5.11 Å². The van der Waals surface area contributed by atoms with Gasteiger partial charge in [-0.15, -0.1) is 0 Å². The van der Waals surface area contributed by atoms with Gasteiger partial charge in [-0.05, 0) is 6.42 Å². The normalized spacial score (nSPS) is 18.2.